The predicted octanol–water partition coefficient (Wildman–Crippen LogP) is -0.385. The van der Waals surface area contributed by atoms with Crippen molar-refractivity contribution in [2.24, 2.45) is 5.73 Å². The monoisotopic (exact) mass is 370 g/mol. The van der Waals surface area contributed by atoms with E-state index < -0.39 is 6.04 Å². The highest BCUT2D eigenvalue weighted by atomic mass is 35.5. The number of methoxy groups -OCH3 is 1. The molecule has 2 atom stereocenters. The summed E-state index contributed by atoms with van der Waals surface area (Å²) in [5, 5.41) is 3.02. The van der Waals surface area contributed by atoms with Crippen molar-refractivity contribution in [3.8, 4) is 0 Å². The lowest BCUT2D eigenvalue weighted by Crippen LogP contribution is -2.57. The van der Waals surface area contributed by atoms with E-state index in [2.05, 4.69) is 10.2 Å². The summed E-state index contributed by atoms with van der Waals surface area (Å²) >= 11 is 0. The summed E-state index contributed by atoms with van der Waals surface area (Å²) in [6.45, 7) is 4.77. The van der Waals surface area contributed by atoms with Crippen LogP contribution in [0.25, 0.3) is 0 Å². The molecule has 2 rings (SSSR count). The van der Waals surface area contributed by atoms with Gasteiger partial charge in [0.15, 0.2) is 0 Å². The van der Waals surface area contributed by atoms with Gasteiger partial charge in [-0.15, -0.1) is 24.8 Å². The summed E-state index contributed by atoms with van der Waals surface area (Å²) in [7, 11) is 1.53. The molecular formula is C14H28Cl2N4O3. The molecule has 0 bridgehead atoms. The second-order valence-corrected chi connectivity index (χ2v) is 5.88. The fraction of sp³-hybridized carbons (Fsp3) is 0.857. The number of halogens is 2. The Morgan fingerprint density at radius 1 is 1.22 bits per heavy atom. The molecule has 7 nitrogen and oxygen atoms in total. The molecular weight excluding hydrogens is 343 g/mol. The van der Waals surface area contributed by atoms with Gasteiger partial charge in [-0.25, -0.2) is 0 Å². The third-order valence-corrected chi connectivity index (χ3v) is 4.14. The van der Waals surface area contributed by atoms with Gasteiger partial charge in [-0.3, -0.25) is 14.5 Å². The second kappa shape index (κ2) is 10.3. The maximum absolute atomic E-state index is 12.1. The molecule has 9 heteroatoms. The molecule has 0 aromatic carbocycles. The Morgan fingerprint density at radius 3 is 2.26 bits per heavy atom. The number of amides is 2. The molecule has 1 heterocycles. The quantitative estimate of drug-likeness (QED) is 0.664. The van der Waals surface area contributed by atoms with Gasteiger partial charge in [0.2, 0.25) is 11.8 Å². The summed E-state index contributed by atoms with van der Waals surface area (Å²) < 4.78 is 4.91. The summed E-state index contributed by atoms with van der Waals surface area (Å²) in [5.41, 5.74) is 5.77. The predicted molar refractivity (Wildman–Crippen MR) is 93.1 cm³/mol. The number of hydrogen-bond donors (Lipinski definition) is 2. The van der Waals surface area contributed by atoms with E-state index in [1.807, 2.05) is 6.92 Å². The van der Waals surface area contributed by atoms with Crippen LogP contribution in [0.2, 0.25) is 0 Å². The van der Waals surface area contributed by atoms with Gasteiger partial charge in [-0.05, 0) is 19.8 Å². The van der Waals surface area contributed by atoms with E-state index in [0.29, 0.717) is 32.2 Å². The van der Waals surface area contributed by atoms with Crippen molar-refractivity contribution in [3.63, 3.8) is 0 Å². The Morgan fingerprint density at radius 2 is 1.78 bits per heavy atom. The maximum Gasteiger partial charge on any atom is 0.241 e. The van der Waals surface area contributed by atoms with Crippen molar-refractivity contribution in [3.05, 3.63) is 0 Å². The van der Waals surface area contributed by atoms with Crippen LogP contribution < -0.4 is 11.1 Å². The van der Waals surface area contributed by atoms with Crippen LogP contribution in [-0.2, 0) is 14.3 Å². The molecule has 1 saturated heterocycles. The highest BCUT2D eigenvalue weighted by Gasteiger charge is 2.31. The molecule has 1 saturated carbocycles. The fourth-order valence-corrected chi connectivity index (χ4v) is 2.53. The van der Waals surface area contributed by atoms with E-state index in [1.165, 1.54) is 7.11 Å². The number of rotatable bonds is 6. The van der Waals surface area contributed by atoms with Crippen molar-refractivity contribution in [2.75, 3.05) is 39.9 Å². The van der Waals surface area contributed by atoms with Crippen molar-refractivity contribution in [1.82, 2.24) is 15.1 Å². The van der Waals surface area contributed by atoms with Gasteiger partial charge in [0, 0.05) is 39.3 Å². The van der Waals surface area contributed by atoms with Gasteiger partial charge in [0.25, 0.3) is 0 Å². The zero-order chi connectivity index (χ0) is 15.4. The molecule has 2 unspecified atom stereocenters. The molecule has 0 aromatic heterocycles. The average Bonchev–Trinajstić information content (AvgIpc) is 3.30. The van der Waals surface area contributed by atoms with Crippen LogP contribution in [0.3, 0.4) is 0 Å². The minimum atomic E-state index is -0.600. The van der Waals surface area contributed by atoms with Crippen LogP contribution in [0, 0.1) is 0 Å². The third-order valence-electron chi connectivity index (χ3n) is 4.14. The van der Waals surface area contributed by atoms with Gasteiger partial charge in [-0.2, -0.15) is 0 Å². The first-order valence-corrected chi connectivity index (χ1v) is 7.60. The van der Waals surface area contributed by atoms with Crippen LogP contribution in [0.4, 0.5) is 0 Å². The molecule has 23 heavy (non-hydrogen) atoms. The van der Waals surface area contributed by atoms with E-state index in [9.17, 15) is 9.59 Å². The van der Waals surface area contributed by atoms with Crippen LogP contribution in [0.1, 0.15) is 19.8 Å². The van der Waals surface area contributed by atoms with Crippen LogP contribution in [0.5, 0.6) is 0 Å². The number of nitrogens with one attached hydrogen (secondary N) is 1. The van der Waals surface area contributed by atoms with Crippen LogP contribution in [0.15, 0.2) is 0 Å². The number of ether oxygens (including phenoxy) is 1. The second-order valence-electron chi connectivity index (χ2n) is 5.88. The molecule has 1 aliphatic carbocycles. The molecule has 1 aliphatic heterocycles. The Labute approximate surface area is 150 Å². The Balaban J connectivity index is 0.00000242. The van der Waals surface area contributed by atoms with Gasteiger partial charge in [-0.1, -0.05) is 0 Å². The first kappa shape index (κ1) is 22.4. The number of nitrogens with zero attached hydrogens (tertiary/aromatic N) is 2. The van der Waals surface area contributed by atoms with Crippen molar-refractivity contribution >= 4 is 36.6 Å². The zero-order valence-electron chi connectivity index (χ0n) is 13.7. The lowest BCUT2D eigenvalue weighted by Gasteiger charge is -2.38. The first-order chi connectivity index (χ1) is 10.0. The summed E-state index contributed by atoms with van der Waals surface area (Å²) in [5.74, 6) is 0.0138. The third kappa shape index (κ3) is 6.43. The number of hydrogen-bond acceptors (Lipinski definition) is 5. The minimum Gasteiger partial charge on any atom is -0.383 e. The molecule has 136 valence electrons. The number of carbonyl (C=O) groups is 2. The summed E-state index contributed by atoms with van der Waals surface area (Å²) in [4.78, 5) is 28.0. The average molecular weight is 371 g/mol. The number of carbonyl (C=O) groups excluding carboxylic acids is 2. The smallest absolute Gasteiger partial charge is 0.241 e. The summed E-state index contributed by atoms with van der Waals surface area (Å²) in [6.07, 6.45) is 2.19. The van der Waals surface area contributed by atoms with E-state index in [0.717, 1.165) is 12.8 Å². The van der Waals surface area contributed by atoms with Crippen LogP contribution >= 0.6 is 24.8 Å². The Hall–Kier alpha value is -0.600. The van der Waals surface area contributed by atoms with Crippen LogP contribution in [-0.4, -0.2) is 79.6 Å². The minimum absolute atomic E-state index is 0. The van der Waals surface area contributed by atoms with Gasteiger partial charge in [0.1, 0.15) is 6.04 Å². The van der Waals surface area contributed by atoms with E-state index in [1.54, 1.807) is 4.90 Å². The maximum atomic E-state index is 12.1. The van der Waals surface area contributed by atoms with Gasteiger partial charge in [0.05, 0.1) is 12.6 Å². The normalized spacial score (nSPS) is 20.7. The zero-order valence-corrected chi connectivity index (χ0v) is 15.3. The van der Waals surface area contributed by atoms with E-state index in [-0.39, 0.29) is 49.3 Å². The SMILES string of the molecule is COCC(N)C(=O)N1CCN(C(C)C(=O)NC2CC2)CC1.Cl.Cl. The fourth-order valence-electron chi connectivity index (χ4n) is 2.53. The van der Waals surface area contributed by atoms with Crippen molar-refractivity contribution < 1.29 is 14.3 Å². The molecule has 2 amide bonds. The van der Waals surface area contributed by atoms with Crippen molar-refractivity contribution in [2.45, 2.75) is 37.9 Å². The summed E-state index contributed by atoms with van der Waals surface area (Å²) in [6, 6.07) is -0.359. The molecule has 0 aromatic rings. The van der Waals surface area contributed by atoms with E-state index in [4.69, 9.17) is 10.5 Å². The largest absolute Gasteiger partial charge is 0.383 e. The van der Waals surface area contributed by atoms with Gasteiger partial charge >= 0.3 is 0 Å². The number of nitrogens with two attached hydrogens (primary N) is 1. The highest BCUT2D eigenvalue weighted by molar-refractivity contribution is 5.85. The number of piperazine rings is 1. The molecule has 2 fully saturated rings. The molecule has 0 spiro atoms. The lowest BCUT2D eigenvalue weighted by molar-refractivity contribution is -0.136. The molecule has 0 radical (unpaired) electrons. The van der Waals surface area contributed by atoms with Crippen molar-refractivity contribution in [1.29, 1.82) is 0 Å². The standard InChI is InChI=1S/C14H26N4O3.2ClH/c1-10(13(19)16-11-3-4-11)17-5-7-18(8-6-17)14(20)12(15)9-21-2;;/h10-12H,3-9,15H2,1-2H3,(H,16,19);2*1H. The molecule has 2 aliphatic rings. The Bertz CT molecular complexity index is 388. The van der Waals surface area contributed by atoms with E-state index >= 15 is 0 Å². The first-order valence-electron chi connectivity index (χ1n) is 7.60. The topological polar surface area (TPSA) is 87.9 Å². The van der Waals surface area contributed by atoms with Gasteiger partial charge < -0.3 is 20.7 Å². The lowest BCUT2D eigenvalue weighted by atomic mass is 10.2. The Kier molecular flexibility index (Phi) is 10.0. The molecule has 3 N–H and O–H groups in total. The highest BCUT2D eigenvalue weighted by Crippen LogP contribution is 2.19.